The Hall–Kier alpha value is -4.27. The van der Waals surface area contributed by atoms with E-state index in [0.717, 1.165) is 16.3 Å². The minimum Gasteiger partial charge on any atom is -0.490 e. The maximum Gasteiger partial charge on any atom is 0.262 e. The highest BCUT2D eigenvalue weighted by molar-refractivity contribution is 6.35. The highest BCUT2D eigenvalue weighted by atomic mass is 35.5. The Balaban J connectivity index is 1.38. The van der Waals surface area contributed by atoms with E-state index in [1.807, 2.05) is 57.2 Å². The molecule has 4 aromatic rings. The van der Waals surface area contributed by atoms with Crippen molar-refractivity contribution in [3.05, 3.63) is 100 Å². The van der Waals surface area contributed by atoms with Gasteiger partial charge in [0.05, 0.1) is 17.8 Å². The van der Waals surface area contributed by atoms with E-state index >= 15 is 0 Å². The second kappa shape index (κ2) is 16.2. The first-order valence-electron chi connectivity index (χ1n) is 14.8. The first-order chi connectivity index (χ1) is 21.6. The maximum atomic E-state index is 13.1. The summed E-state index contributed by atoms with van der Waals surface area (Å²) in [7, 11) is 0. The fourth-order valence-electron chi connectivity index (χ4n) is 4.62. The highest BCUT2D eigenvalue weighted by Gasteiger charge is 2.25. The van der Waals surface area contributed by atoms with Gasteiger partial charge in [-0.15, -0.1) is 0 Å². The summed E-state index contributed by atoms with van der Waals surface area (Å²) < 4.78 is 17.7. The van der Waals surface area contributed by atoms with Gasteiger partial charge in [0.15, 0.2) is 17.6 Å². The number of benzene rings is 4. The van der Waals surface area contributed by atoms with Crippen molar-refractivity contribution in [2.75, 3.05) is 6.61 Å². The number of nitrogens with zero attached hydrogens (tertiary/aromatic N) is 1. The predicted octanol–water partition coefficient (Wildman–Crippen LogP) is 7.57. The van der Waals surface area contributed by atoms with Crippen molar-refractivity contribution in [1.29, 1.82) is 0 Å². The molecule has 2 amide bonds. The van der Waals surface area contributed by atoms with E-state index < -0.39 is 24.0 Å². The van der Waals surface area contributed by atoms with Gasteiger partial charge in [-0.1, -0.05) is 79.5 Å². The van der Waals surface area contributed by atoms with Crippen LogP contribution in [-0.4, -0.2) is 36.8 Å². The minimum atomic E-state index is -0.909. The zero-order valence-corrected chi connectivity index (χ0v) is 27.2. The van der Waals surface area contributed by atoms with Gasteiger partial charge in [-0.05, 0) is 84.5 Å². The largest absolute Gasteiger partial charge is 0.490 e. The Kier molecular flexibility index (Phi) is 12.1. The van der Waals surface area contributed by atoms with Crippen LogP contribution in [0, 0.1) is 5.92 Å². The standard InChI is InChI=1S/C35H37Cl2N3O5/c1-5-43-33-18-24(13-15-32(33)44-21-26-11-8-10-25-9-6-7-12-28(25)26)20-38-40-35(42)30(17-22(2)3)39-34(41)23(4)45-31-16-14-27(36)19-29(31)37/h6-16,18-20,22-23,30H,5,17,21H2,1-4H3,(H,39,41)(H,40,42)/b38-20-/t23-,30+/m0/s1. The summed E-state index contributed by atoms with van der Waals surface area (Å²) in [6, 6.07) is 23.6. The molecule has 2 atom stereocenters. The minimum absolute atomic E-state index is 0.127. The van der Waals surface area contributed by atoms with E-state index in [4.69, 9.17) is 37.4 Å². The number of carbonyl (C=O) groups is 2. The summed E-state index contributed by atoms with van der Waals surface area (Å²) >= 11 is 12.1. The van der Waals surface area contributed by atoms with E-state index in [9.17, 15) is 9.59 Å². The number of fused-ring (bicyclic) bond motifs is 1. The zero-order chi connectivity index (χ0) is 32.3. The number of amides is 2. The number of rotatable bonds is 14. The Bertz CT molecular complexity index is 1650. The molecule has 0 aromatic heterocycles. The number of carbonyl (C=O) groups excluding carboxylic acids is 2. The van der Waals surface area contributed by atoms with Crippen molar-refractivity contribution >= 4 is 52.0 Å². The molecule has 236 valence electrons. The normalized spacial score (nSPS) is 12.6. The van der Waals surface area contributed by atoms with Crippen molar-refractivity contribution in [2.45, 2.75) is 52.9 Å². The van der Waals surface area contributed by atoms with Crippen molar-refractivity contribution in [2.24, 2.45) is 11.0 Å². The topological polar surface area (TPSA) is 98.2 Å². The smallest absolute Gasteiger partial charge is 0.262 e. The zero-order valence-electron chi connectivity index (χ0n) is 25.7. The van der Waals surface area contributed by atoms with Crippen molar-refractivity contribution < 1.29 is 23.8 Å². The summed E-state index contributed by atoms with van der Waals surface area (Å²) in [5, 5.41) is 9.92. The molecule has 4 rings (SSSR count). The molecule has 0 saturated heterocycles. The summed E-state index contributed by atoms with van der Waals surface area (Å²) in [5.74, 6) is 0.683. The lowest BCUT2D eigenvalue weighted by molar-refractivity contribution is -0.132. The average Bonchev–Trinajstić information content (AvgIpc) is 3.01. The van der Waals surface area contributed by atoms with Crippen molar-refractivity contribution in [3.63, 3.8) is 0 Å². The molecule has 0 spiro atoms. The number of halogens is 2. The summed E-state index contributed by atoms with van der Waals surface area (Å²) in [4.78, 5) is 26.0. The lowest BCUT2D eigenvalue weighted by Crippen LogP contribution is -2.49. The lowest BCUT2D eigenvalue weighted by Gasteiger charge is -2.22. The molecule has 0 aliphatic heterocycles. The SMILES string of the molecule is CCOc1cc(/C=N\NC(=O)[C@@H](CC(C)C)NC(=O)[C@H](C)Oc2ccc(Cl)cc2Cl)ccc1OCc1cccc2ccccc12. The van der Waals surface area contributed by atoms with Crippen LogP contribution in [0.15, 0.2) is 84.0 Å². The number of ether oxygens (including phenoxy) is 3. The third kappa shape index (κ3) is 9.61. The van der Waals surface area contributed by atoms with Gasteiger partial charge in [0.2, 0.25) is 0 Å². The first kappa shape index (κ1) is 33.6. The molecule has 0 radical (unpaired) electrons. The third-order valence-corrected chi connectivity index (χ3v) is 7.36. The molecule has 0 unspecified atom stereocenters. The van der Waals surface area contributed by atoms with Gasteiger partial charge in [-0.2, -0.15) is 5.10 Å². The van der Waals surface area contributed by atoms with E-state index in [1.54, 1.807) is 25.1 Å². The second-order valence-corrected chi connectivity index (χ2v) is 11.7. The van der Waals surface area contributed by atoms with Crippen molar-refractivity contribution in [3.8, 4) is 17.2 Å². The van der Waals surface area contributed by atoms with E-state index in [2.05, 4.69) is 34.0 Å². The Labute approximate surface area is 273 Å². The van der Waals surface area contributed by atoms with Crippen LogP contribution in [0.2, 0.25) is 10.0 Å². The first-order valence-corrected chi connectivity index (χ1v) is 15.5. The number of hydrazone groups is 1. The van der Waals surface area contributed by atoms with Gasteiger partial charge in [0, 0.05) is 5.02 Å². The molecule has 8 nitrogen and oxygen atoms in total. The molecule has 10 heteroatoms. The lowest BCUT2D eigenvalue weighted by atomic mass is 10.0. The fraction of sp³-hybridized carbons (Fsp3) is 0.286. The van der Waals surface area contributed by atoms with Crippen LogP contribution in [-0.2, 0) is 16.2 Å². The molecular weight excluding hydrogens is 613 g/mol. The van der Waals surface area contributed by atoms with E-state index in [0.29, 0.717) is 47.5 Å². The van der Waals surface area contributed by atoms with Gasteiger partial charge >= 0.3 is 0 Å². The van der Waals surface area contributed by atoms with Crippen LogP contribution >= 0.6 is 23.2 Å². The summed E-state index contributed by atoms with van der Waals surface area (Å²) in [6.45, 7) is 8.22. The van der Waals surface area contributed by atoms with Gasteiger partial charge in [-0.3, -0.25) is 9.59 Å². The Morgan fingerprint density at radius 1 is 0.867 bits per heavy atom. The molecule has 0 saturated carbocycles. The van der Waals surface area contributed by atoms with Crippen molar-refractivity contribution in [1.82, 2.24) is 10.7 Å². The van der Waals surface area contributed by atoms with Gasteiger partial charge in [-0.25, -0.2) is 5.43 Å². The number of hydrogen-bond acceptors (Lipinski definition) is 6. The van der Waals surface area contributed by atoms with Crippen LogP contribution < -0.4 is 25.0 Å². The third-order valence-electron chi connectivity index (χ3n) is 6.83. The molecule has 0 bridgehead atoms. The fourth-order valence-corrected chi connectivity index (χ4v) is 5.07. The molecule has 2 N–H and O–H groups in total. The van der Waals surface area contributed by atoms with Crippen LogP contribution in [0.3, 0.4) is 0 Å². The molecule has 0 heterocycles. The second-order valence-electron chi connectivity index (χ2n) is 10.8. The average molecular weight is 651 g/mol. The molecule has 45 heavy (non-hydrogen) atoms. The quantitative estimate of drug-likeness (QED) is 0.108. The Morgan fingerprint density at radius 3 is 2.38 bits per heavy atom. The number of nitrogens with one attached hydrogen (secondary N) is 2. The van der Waals surface area contributed by atoms with Gasteiger partial charge < -0.3 is 19.5 Å². The molecule has 0 aliphatic carbocycles. The molecular formula is C35H37Cl2N3O5. The van der Waals surface area contributed by atoms with Crippen LogP contribution in [0.4, 0.5) is 0 Å². The van der Waals surface area contributed by atoms with Crippen LogP contribution in [0.5, 0.6) is 17.2 Å². The highest BCUT2D eigenvalue weighted by Crippen LogP contribution is 2.30. The molecule has 4 aromatic carbocycles. The molecule has 0 fully saturated rings. The van der Waals surface area contributed by atoms with Gasteiger partial charge in [0.1, 0.15) is 18.4 Å². The maximum absolute atomic E-state index is 13.1. The van der Waals surface area contributed by atoms with Crippen LogP contribution in [0.25, 0.3) is 10.8 Å². The number of hydrogen-bond donors (Lipinski definition) is 2. The Morgan fingerprint density at radius 2 is 1.62 bits per heavy atom. The van der Waals surface area contributed by atoms with E-state index in [-0.39, 0.29) is 10.9 Å². The monoisotopic (exact) mass is 649 g/mol. The van der Waals surface area contributed by atoms with Crippen LogP contribution in [0.1, 0.15) is 45.2 Å². The molecule has 0 aliphatic rings. The van der Waals surface area contributed by atoms with Gasteiger partial charge in [0.25, 0.3) is 11.8 Å². The summed E-state index contributed by atoms with van der Waals surface area (Å²) in [5.41, 5.74) is 4.31. The predicted molar refractivity (Wildman–Crippen MR) is 180 cm³/mol. The van der Waals surface area contributed by atoms with E-state index in [1.165, 1.54) is 12.3 Å². The summed E-state index contributed by atoms with van der Waals surface area (Å²) in [6.07, 6.45) is 1.00.